The summed E-state index contributed by atoms with van der Waals surface area (Å²) in [5.74, 6) is -1.47. The van der Waals surface area contributed by atoms with Crippen molar-refractivity contribution >= 4 is 99.6 Å². The van der Waals surface area contributed by atoms with E-state index in [-0.39, 0.29) is 69.8 Å². The van der Waals surface area contributed by atoms with Crippen molar-refractivity contribution in [2.24, 2.45) is 10.3 Å². The number of nitrogens with zero attached hydrogens (tertiary/aromatic N) is 2. The number of hydrogen-bond acceptors (Lipinski definition) is 8. The van der Waals surface area contributed by atoms with Crippen molar-refractivity contribution in [3.8, 4) is 0 Å². The molecule has 3 N–H and O–H groups in total. The lowest BCUT2D eigenvalue weighted by Gasteiger charge is -2.29. The van der Waals surface area contributed by atoms with Crippen LogP contribution in [-0.4, -0.2) is 52.7 Å². The predicted octanol–water partition coefficient (Wildman–Crippen LogP) is 10.4. The molecule has 61 heavy (non-hydrogen) atoms. The molecule has 8 nitrogen and oxygen atoms in total. The van der Waals surface area contributed by atoms with Gasteiger partial charge >= 0.3 is 26.6 Å². The van der Waals surface area contributed by atoms with Gasteiger partial charge in [-0.25, -0.2) is 8.78 Å². The van der Waals surface area contributed by atoms with Gasteiger partial charge in [0.15, 0.2) is 5.17 Å². The molecule has 0 bridgehead atoms. The minimum Gasteiger partial charge on any atom is -0.423 e. The molecule has 0 fully saturated rings. The quantitative estimate of drug-likeness (QED) is 0.0618. The Balaban J connectivity index is 0.000000192. The molecule has 0 spiro atoms. The van der Waals surface area contributed by atoms with Crippen LogP contribution < -0.4 is 10.9 Å². The monoisotopic (exact) mass is 958 g/mol. The van der Waals surface area contributed by atoms with E-state index in [4.69, 9.17) is 77.4 Å². The van der Waals surface area contributed by atoms with Gasteiger partial charge in [0, 0.05) is 42.3 Å². The number of alkyl halides is 6. The highest BCUT2D eigenvalue weighted by Gasteiger charge is 2.63. The fourth-order valence-electron chi connectivity index (χ4n) is 6.78. The van der Waals surface area contributed by atoms with Crippen LogP contribution in [0.2, 0.25) is 20.1 Å². The summed E-state index contributed by atoms with van der Waals surface area (Å²) in [5, 5.41) is 34.4. The summed E-state index contributed by atoms with van der Waals surface area (Å²) >= 11 is 28.5. The normalized spacial score (nSPS) is 18.9. The predicted molar refractivity (Wildman–Crippen MR) is 218 cm³/mol. The lowest BCUT2D eigenvalue weighted by atomic mass is 9.76. The summed E-state index contributed by atoms with van der Waals surface area (Å²) in [6.07, 6.45) is -10.1. The van der Waals surface area contributed by atoms with E-state index in [1.54, 1.807) is 27.7 Å². The highest BCUT2D eigenvalue weighted by atomic mass is 35.5. The van der Waals surface area contributed by atoms with Crippen molar-refractivity contribution in [1.29, 1.82) is 0 Å². The van der Waals surface area contributed by atoms with Crippen LogP contribution in [0.1, 0.15) is 67.5 Å². The first-order chi connectivity index (χ1) is 28.0. The van der Waals surface area contributed by atoms with Crippen molar-refractivity contribution < 1.29 is 64.5 Å². The molecule has 0 saturated heterocycles. The molecule has 1 unspecified atom stereocenters. The highest BCUT2D eigenvalue weighted by molar-refractivity contribution is 6.69. The second-order valence-corrected chi connectivity index (χ2v) is 16.7. The van der Waals surface area contributed by atoms with E-state index in [1.165, 1.54) is 48.5 Å². The number of allylic oxidation sites excluding steroid dienone is 1. The molecule has 23 heteroatoms. The second kappa shape index (κ2) is 17.5. The third-order valence-electron chi connectivity index (χ3n) is 9.59. The van der Waals surface area contributed by atoms with Crippen LogP contribution in [0.4, 0.5) is 35.1 Å². The Morgan fingerprint density at radius 3 is 1.67 bits per heavy atom. The van der Waals surface area contributed by atoms with Crippen LogP contribution in [-0.2, 0) is 30.9 Å². The Bertz CT molecular complexity index is 2410. The molecule has 0 aliphatic carbocycles. The molecule has 4 aromatic rings. The average molecular weight is 961 g/mol. The zero-order valence-corrected chi connectivity index (χ0v) is 35.5. The zero-order valence-electron chi connectivity index (χ0n) is 31.7. The van der Waals surface area contributed by atoms with Crippen molar-refractivity contribution in [2.45, 2.75) is 63.3 Å². The molecule has 7 rings (SSSR count). The maximum Gasteiger partial charge on any atom is 0.492 e. The molecule has 3 aliphatic rings. The summed E-state index contributed by atoms with van der Waals surface area (Å²) in [7, 11) is -2.49. The largest absolute Gasteiger partial charge is 0.492 e. The molecular weight excluding hydrogens is 931 g/mol. The van der Waals surface area contributed by atoms with E-state index in [0.29, 0.717) is 5.46 Å². The van der Waals surface area contributed by atoms with Gasteiger partial charge in [-0.15, -0.1) is 0 Å². The Hall–Kier alpha value is -3.58. The number of rotatable bonds is 4. The van der Waals surface area contributed by atoms with Gasteiger partial charge in [0.05, 0.1) is 34.5 Å². The number of hydrogen-bond donors (Lipinski definition) is 3. The lowest BCUT2D eigenvalue weighted by Crippen LogP contribution is -2.42. The molecule has 4 aromatic carbocycles. The van der Waals surface area contributed by atoms with Crippen LogP contribution in [0.15, 0.2) is 77.6 Å². The molecule has 0 amide bonds. The van der Waals surface area contributed by atoms with Crippen LogP contribution >= 0.6 is 58.0 Å². The lowest BCUT2D eigenvalue weighted by molar-refractivity contribution is -0.275. The maximum atomic E-state index is 15.3. The van der Waals surface area contributed by atoms with Gasteiger partial charge < -0.3 is 29.4 Å². The third-order valence-corrected chi connectivity index (χ3v) is 10.7. The van der Waals surface area contributed by atoms with Gasteiger partial charge in [-0.2, -0.15) is 26.3 Å². The fraction of sp³-hybridized carbons (Fsp3) is 0.263. The third kappa shape index (κ3) is 9.82. The zero-order chi connectivity index (χ0) is 45.8. The SMILES string of the molecule is C=C(c1cc(Cl)cc(Cl)c1)C(F)(F)F.CC1(C)OB(O)c2ccc(C(Cl)=NO)c(F)c21.CC1(C)OB(O)c2ccc(C3=NOC(c4cc(Cl)cc(Cl)c4)(C(F)(F)F)C3)c(F)c21. The molecule has 0 aromatic heterocycles. The molecule has 0 radical (unpaired) electrons. The standard InChI is InChI=1S/C19H14BCl2F4NO3.C10H10BClFNO3.C9H5Cl2F3/c1-17(2)15-13(20(28)29-17)4-3-12(16(15)23)14-8-18(30-27-14,19(24,25)26)9-5-10(21)7-11(22)6-9;1-10(2)7-6(11(15)17-10)4-3-5(8(7)13)9(12)14-16;1-5(9(12,13)14)6-2-7(10)4-8(11)3-6/h3-7,28H,8H2,1-2H3;3-4,15-16H,1-2H3;2-4H,1H2. The molecule has 0 saturated carbocycles. The summed E-state index contributed by atoms with van der Waals surface area (Å²) in [6.45, 7) is 9.31. The Kier molecular flexibility index (Phi) is 13.9. The van der Waals surface area contributed by atoms with Crippen molar-refractivity contribution in [3.63, 3.8) is 0 Å². The Morgan fingerprint density at radius 2 is 1.21 bits per heavy atom. The Labute approximate surface area is 368 Å². The van der Waals surface area contributed by atoms with E-state index >= 15 is 4.39 Å². The molecule has 324 valence electrons. The van der Waals surface area contributed by atoms with Crippen LogP contribution in [0.3, 0.4) is 0 Å². The van der Waals surface area contributed by atoms with Crippen LogP contribution in [0, 0.1) is 11.6 Å². The van der Waals surface area contributed by atoms with E-state index in [0.717, 1.165) is 12.1 Å². The van der Waals surface area contributed by atoms with Gasteiger partial charge in [0.2, 0.25) is 0 Å². The van der Waals surface area contributed by atoms with Gasteiger partial charge in [-0.1, -0.05) is 93.1 Å². The first kappa shape index (κ1) is 48.5. The summed E-state index contributed by atoms with van der Waals surface area (Å²) in [6, 6.07) is 12.7. The number of benzene rings is 4. The number of oxime groups is 2. The van der Waals surface area contributed by atoms with Gasteiger partial charge in [0.25, 0.3) is 5.60 Å². The fourth-order valence-corrected chi connectivity index (χ4v) is 7.98. The van der Waals surface area contributed by atoms with Crippen molar-refractivity contribution in [2.75, 3.05) is 0 Å². The van der Waals surface area contributed by atoms with Crippen molar-refractivity contribution in [1.82, 2.24) is 0 Å². The van der Waals surface area contributed by atoms with Gasteiger partial charge in [0.1, 0.15) is 11.6 Å². The summed E-state index contributed by atoms with van der Waals surface area (Å²) in [5.41, 5.74) is -5.98. The average Bonchev–Trinajstić information content (AvgIpc) is 3.76. The van der Waals surface area contributed by atoms with E-state index in [2.05, 4.69) is 16.9 Å². The van der Waals surface area contributed by atoms with Gasteiger partial charge in [-0.05, 0) is 86.6 Å². The van der Waals surface area contributed by atoms with E-state index in [9.17, 15) is 40.8 Å². The maximum absolute atomic E-state index is 15.3. The van der Waals surface area contributed by atoms with Crippen LogP contribution in [0.25, 0.3) is 5.57 Å². The highest BCUT2D eigenvalue weighted by Crippen LogP contribution is 2.50. The first-order valence-electron chi connectivity index (χ1n) is 17.3. The molecular formula is C38H29B2Cl5F8N2O6. The molecule has 1 atom stereocenters. The summed E-state index contributed by atoms with van der Waals surface area (Å²) in [4.78, 5) is 4.91. The van der Waals surface area contributed by atoms with E-state index in [1.807, 2.05) is 0 Å². The smallest absolute Gasteiger partial charge is 0.423 e. The summed E-state index contributed by atoms with van der Waals surface area (Å²) < 4.78 is 119. The number of fused-ring (bicyclic) bond motifs is 2. The molecule has 3 aliphatic heterocycles. The topological polar surface area (TPSA) is 113 Å². The molecule has 3 heterocycles. The Morgan fingerprint density at radius 1 is 0.754 bits per heavy atom. The van der Waals surface area contributed by atoms with Crippen molar-refractivity contribution in [3.05, 3.63) is 132 Å². The minimum absolute atomic E-state index is 0.00484. The van der Waals surface area contributed by atoms with Crippen LogP contribution in [0.5, 0.6) is 0 Å². The minimum atomic E-state index is -4.89. The van der Waals surface area contributed by atoms with E-state index < -0.39 is 67.0 Å². The second-order valence-electron chi connectivity index (χ2n) is 14.6. The number of halogens is 13. The van der Waals surface area contributed by atoms with Gasteiger partial charge in [-0.3, -0.25) is 0 Å². The first-order valence-corrected chi connectivity index (χ1v) is 19.2.